The third-order valence-electron chi connectivity index (χ3n) is 11.4. The highest BCUT2D eigenvalue weighted by Gasteiger charge is 2.46. The van der Waals surface area contributed by atoms with Crippen molar-refractivity contribution in [3.63, 3.8) is 0 Å². The van der Waals surface area contributed by atoms with Crippen molar-refractivity contribution >= 4 is 33.5 Å². The van der Waals surface area contributed by atoms with E-state index in [4.69, 9.17) is 0 Å². The lowest BCUT2D eigenvalue weighted by Crippen LogP contribution is -2.60. The van der Waals surface area contributed by atoms with Crippen molar-refractivity contribution in [2.75, 3.05) is 31.1 Å². The molecule has 2 aromatic heterocycles. The number of nitrogens with one attached hydrogen (secondary N) is 1. The normalized spacial score (nSPS) is 20.8. The van der Waals surface area contributed by atoms with E-state index in [2.05, 4.69) is 66.9 Å². The number of halogens is 3. The van der Waals surface area contributed by atoms with Crippen LogP contribution in [0.4, 0.5) is 19.0 Å². The molecule has 0 unspecified atom stereocenters. The summed E-state index contributed by atoms with van der Waals surface area (Å²) in [5, 5.41) is 15.1. The number of alkyl halides is 3. The lowest BCUT2D eigenvalue weighted by molar-refractivity contribution is -0.127. The van der Waals surface area contributed by atoms with Crippen LogP contribution in [0.25, 0.3) is 21.8 Å². The van der Waals surface area contributed by atoms with Crippen LogP contribution in [0.1, 0.15) is 59.7 Å². The van der Waals surface area contributed by atoms with Gasteiger partial charge in [-0.3, -0.25) is 9.69 Å². The van der Waals surface area contributed by atoms with E-state index in [1.807, 2.05) is 24.3 Å². The molecule has 0 saturated carbocycles. The van der Waals surface area contributed by atoms with E-state index in [1.54, 1.807) is 12.1 Å². The largest absolute Gasteiger partial charge is 0.393 e. The number of fused-ring (bicyclic) bond motifs is 2. The SMILES string of the molecule is Cc1c(CN2CCC3(CC2)CN(c2ncnc4ccc(CC(F)(F)F)cc24)C3)ccc2c1cc(C#N)n2C[C@@H]1CCC(=O)N[C@H]1c1ccccc1. The number of rotatable bonds is 7. The number of aromatic nitrogens is 3. The van der Waals surface area contributed by atoms with Crippen LogP contribution in [0.3, 0.4) is 0 Å². The molecule has 3 aromatic carbocycles. The van der Waals surface area contributed by atoms with Gasteiger partial charge in [0, 0.05) is 60.2 Å². The molecule has 5 heterocycles. The molecule has 8 rings (SSSR count). The Morgan fingerprint density at radius 3 is 2.53 bits per heavy atom. The molecule has 3 aliphatic rings. The Kier molecular flexibility index (Phi) is 8.45. The van der Waals surface area contributed by atoms with E-state index in [1.165, 1.54) is 23.5 Å². The van der Waals surface area contributed by atoms with Gasteiger partial charge in [0.25, 0.3) is 0 Å². The molecule has 8 nitrogen and oxygen atoms in total. The average molecular weight is 692 g/mol. The number of amides is 1. The Labute approximate surface area is 294 Å². The van der Waals surface area contributed by atoms with E-state index in [0.29, 0.717) is 35.4 Å². The van der Waals surface area contributed by atoms with Crippen LogP contribution in [0.15, 0.2) is 73.1 Å². The molecule has 1 N–H and O–H groups in total. The fourth-order valence-corrected chi connectivity index (χ4v) is 8.62. The Morgan fingerprint density at radius 1 is 1.00 bits per heavy atom. The first kappa shape index (κ1) is 33.2. The summed E-state index contributed by atoms with van der Waals surface area (Å²) in [5.41, 5.74) is 6.26. The first-order chi connectivity index (χ1) is 24.6. The minimum absolute atomic E-state index is 0.0671. The molecule has 0 radical (unpaired) electrons. The van der Waals surface area contributed by atoms with E-state index >= 15 is 0 Å². The quantitative estimate of drug-likeness (QED) is 0.194. The molecule has 2 atom stereocenters. The lowest BCUT2D eigenvalue weighted by atomic mass is 9.72. The maximum absolute atomic E-state index is 13.1. The zero-order valence-electron chi connectivity index (χ0n) is 28.6. The molecule has 1 amide bonds. The van der Waals surface area contributed by atoms with Gasteiger partial charge in [-0.15, -0.1) is 0 Å². The number of nitriles is 1. The van der Waals surface area contributed by atoms with Crippen molar-refractivity contribution in [2.24, 2.45) is 11.3 Å². The van der Waals surface area contributed by atoms with Crippen LogP contribution >= 0.6 is 0 Å². The summed E-state index contributed by atoms with van der Waals surface area (Å²) in [6, 6.07) is 23.5. The van der Waals surface area contributed by atoms with Crippen LogP contribution in [-0.2, 0) is 24.3 Å². The third kappa shape index (κ3) is 6.53. The topological polar surface area (TPSA) is 90.1 Å². The minimum Gasteiger partial charge on any atom is -0.355 e. The van der Waals surface area contributed by atoms with Gasteiger partial charge >= 0.3 is 6.18 Å². The standard InChI is InChI=1S/C40H40F3N7O/c1-26-29(8-11-35-32(26)18-31(20-44)50(35)22-30-9-12-36(51)47-37(30)28-5-3-2-4-6-28)21-48-15-13-39(14-16-48)23-49(24-39)38-33-17-27(19-40(41,42)43)7-10-34(33)45-25-46-38/h2-8,10-11,17-18,25,30,37H,9,12-16,19,21-24H2,1H3,(H,47,51)/t30-,37-/m0/s1. The number of benzene rings is 3. The Hall–Kier alpha value is -4.95. The first-order valence-corrected chi connectivity index (χ1v) is 17.7. The predicted octanol–water partition coefficient (Wildman–Crippen LogP) is 7.24. The van der Waals surface area contributed by atoms with Crippen LogP contribution in [0.5, 0.6) is 0 Å². The Bertz CT molecular complexity index is 2140. The van der Waals surface area contributed by atoms with Gasteiger partial charge in [0.1, 0.15) is 23.9 Å². The highest BCUT2D eigenvalue weighted by atomic mass is 19.4. The van der Waals surface area contributed by atoms with Crippen molar-refractivity contribution in [3.8, 4) is 6.07 Å². The van der Waals surface area contributed by atoms with Gasteiger partial charge in [-0.05, 0) is 85.8 Å². The zero-order valence-corrected chi connectivity index (χ0v) is 28.6. The number of nitrogens with zero attached hydrogens (tertiary/aromatic N) is 6. The molecular weight excluding hydrogens is 651 g/mol. The van der Waals surface area contributed by atoms with Crippen molar-refractivity contribution < 1.29 is 18.0 Å². The molecule has 0 bridgehead atoms. The summed E-state index contributed by atoms with van der Waals surface area (Å²) in [6.45, 7) is 7.23. The second kappa shape index (κ2) is 13.0. The molecule has 1 spiro atoms. The number of anilines is 1. The highest BCUT2D eigenvalue weighted by molar-refractivity contribution is 5.90. The number of aryl methyl sites for hydroxylation is 1. The van der Waals surface area contributed by atoms with Crippen molar-refractivity contribution in [3.05, 3.63) is 101 Å². The fourth-order valence-electron chi connectivity index (χ4n) is 8.62. The number of hydrogen-bond donors (Lipinski definition) is 1. The maximum atomic E-state index is 13.1. The number of likely N-dealkylation sites (tertiary alicyclic amines) is 1. The maximum Gasteiger partial charge on any atom is 0.393 e. The molecule has 11 heteroatoms. The summed E-state index contributed by atoms with van der Waals surface area (Å²) < 4.78 is 41.4. The summed E-state index contributed by atoms with van der Waals surface area (Å²) >= 11 is 0. The van der Waals surface area contributed by atoms with Gasteiger partial charge in [-0.1, -0.05) is 42.5 Å². The number of piperidine rings is 2. The van der Waals surface area contributed by atoms with E-state index in [0.717, 1.165) is 68.5 Å². The molecular formula is C40H40F3N7O. The Morgan fingerprint density at radius 2 is 1.78 bits per heavy atom. The lowest BCUT2D eigenvalue weighted by Gasteiger charge is -2.54. The van der Waals surface area contributed by atoms with Crippen molar-refractivity contribution in [1.29, 1.82) is 5.26 Å². The van der Waals surface area contributed by atoms with Crippen molar-refractivity contribution in [2.45, 2.75) is 64.3 Å². The second-order valence-corrected chi connectivity index (χ2v) is 14.8. The Balaban J connectivity index is 0.938. The van der Waals surface area contributed by atoms with Gasteiger partial charge < -0.3 is 14.8 Å². The van der Waals surface area contributed by atoms with E-state index < -0.39 is 12.6 Å². The van der Waals surface area contributed by atoms with Crippen LogP contribution in [0, 0.1) is 29.6 Å². The predicted molar refractivity (Wildman–Crippen MR) is 190 cm³/mol. The summed E-state index contributed by atoms with van der Waals surface area (Å²) in [7, 11) is 0. The third-order valence-corrected chi connectivity index (χ3v) is 11.4. The van der Waals surface area contributed by atoms with E-state index in [-0.39, 0.29) is 28.8 Å². The highest BCUT2D eigenvalue weighted by Crippen LogP contribution is 2.44. The van der Waals surface area contributed by atoms with Crippen LogP contribution in [-0.4, -0.2) is 57.7 Å². The number of carbonyl (C=O) groups is 1. The molecule has 51 heavy (non-hydrogen) atoms. The summed E-state index contributed by atoms with van der Waals surface area (Å²) in [6.07, 6.45) is -0.401. The van der Waals surface area contributed by atoms with Crippen molar-refractivity contribution in [1.82, 2.24) is 24.8 Å². The van der Waals surface area contributed by atoms with Gasteiger partial charge in [0.05, 0.1) is 18.0 Å². The number of carbonyl (C=O) groups excluding carboxylic acids is 1. The summed E-state index contributed by atoms with van der Waals surface area (Å²) in [5.74, 6) is 0.946. The van der Waals surface area contributed by atoms with Crippen LogP contribution < -0.4 is 10.2 Å². The average Bonchev–Trinajstić information content (AvgIpc) is 3.47. The van der Waals surface area contributed by atoms with Gasteiger partial charge in [-0.25, -0.2) is 9.97 Å². The molecule has 3 saturated heterocycles. The summed E-state index contributed by atoms with van der Waals surface area (Å²) in [4.78, 5) is 25.9. The molecule has 5 aromatic rings. The smallest absolute Gasteiger partial charge is 0.355 e. The number of hydrogen-bond acceptors (Lipinski definition) is 6. The zero-order chi connectivity index (χ0) is 35.3. The molecule has 0 aliphatic carbocycles. The fraction of sp³-hybridized carbons (Fsp3) is 0.400. The molecule has 3 fully saturated rings. The minimum atomic E-state index is -4.27. The van der Waals surface area contributed by atoms with Gasteiger partial charge in [-0.2, -0.15) is 18.4 Å². The molecule has 262 valence electrons. The van der Waals surface area contributed by atoms with E-state index in [9.17, 15) is 23.2 Å². The molecule has 3 aliphatic heterocycles. The van der Waals surface area contributed by atoms with Gasteiger partial charge in [0.15, 0.2) is 0 Å². The van der Waals surface area contributed by atoms with Crippen LogP contribution in [0.2, 0.25) is 0 Å². The monoisotopic (exact) mass is 691 g/mol. The van der Waals surface area contributed by atoms with Gasteiger partial charge in [0.2, 0.25) is 5.91 Å². The first-order valence-electron chi connectivity index (χ1n) is 17.7. The second-order valence-electron chi connectivity index (χ2n) is 14.8.